The van der Waals surface area contributed by atoms with Gasteiger partial charge in [0.2, 0.25) is 10.0 Å². The minimum atomic E-state index is -3.61. The SMILES string of the molecule is CNC(=O)c1cccc(CNC(=O)c2cc(S(=O)(=O)N3CCCCC3)ccc2C)c1. The Hall–Kier alpha value is -2.71. The number of amides is 2. The van der Waals surface area contributed by atoms with Gasteiger partial charge in [-0.05, 0) is 55.2 Å². The number of hydrogen-bond acceptors (Lipinski definition) is 4. The molecule has 1 saturated heterocycles. The van der Waals surface area contributed by atoms with Gasteiger partial charge in [0, 0.05) is 37.8 Å². The Kier molecular flexibility index (Phi) is 6.89. The van der Waals surface area contributed by atoms with Crippen LogP contribution in [0.4, 0.5) is 0 Å². The van der Waals surface area contributed by atoms with E-state index in [9.17, 15) is 18.0 Å². The molecular weight excluding hydrogens is 402 g/mol. The van der Waals surface area contributed by atoms with Gasteiger partial charge in [-0.3, -0.25) is 9.59 Å². The van der Waals surface area contributed by atoms with E-state index in [1.165, 1.54) is 10.4 Å². The molecule has 0 atom stereocenters. The lowest BCUT2D eigenvalue weighted by Crippen LogP contribution is -2.35. The molecule has 0 saturated carbocycles. The molecule has 2 aromatic rings. The third kappa shape index (κ3) is 4.88. The molecule has 30 heavy (non-hydrogen) atoms. The molecule has 0 radical (unpaired) electrons. The van der Waals surface area contributed by atoms with E-state index < -0.39 is 10.0 Å². The number of rotatable bonds is 6. The second kappa shape index (κ2) is 9.40. The molecule has 3 rings (SSSR count). The van der Waals surface area contributed by atoms with Crippen LogP contribution in [0, 0.1) is 6.92 Å². The molecule has 2 aromatic carbocycles. The first-order chi connectivity index (χ1) is 14.3. The first kappa shape index (κ1) is 22.0. The lowest BCUT2D eigenvalue weighted by molar-refractivity contribution is 0.0948. The third-order valence-corrected chi connectivity index (χ3v) is 7.17. The average Bonchev–Trinajstić information content (AvgIpc) is 2.77. The van der Waals surface area contributed by atoms with E-state index in [4.69, 9.17) is 0 Å². The zero-order valence-corrected chi connectivity index (χ0v) is 18.1. The minimum absolute atomic E-state index is 0.141. The van der Waals surface area contributed by atoms with Gasteiger partial charge in [0.25, 0.3) is 11.8 Å². The van der Waals surface area contributed by atoms with Gasteiger partial charge >= 0.3 is 0 Å². The molecule has 8 heteroatoms. The largest absolute Gasteiger partial charge is 0.355 e. The van der Waals surface area contributed by atoms with Crippen LogP contribution in [0.1, 0.15) is 51.1 Å². The minimum Gasteiger partial charge on any atom is -0.355 e. The van der Waals surface area contributed by atoms with E-state index >= 15 is 0 Å². The van der Waals surface area contributed by atoms with E-state index in [1.54, 1.807) is 44.3 Å². The molecule has 0 aliphatic carbocycles. The molecule has 0 unspecified atom stereocenters. The molecule has 160 valence electrons. The highest BCUT2D eigenvalue weighted by atomic mass is 32.2. The molecule has 1 heterocycles. The van der Waals surface area contributed by atoms with Crippen molar-refractivity contribution in [2.75, 3.05) is 20.1 Å². The number of piperidine rings is 1. The number of carbonyl (C=O) groups excluding carboxylic acids is 2. The number of benzene rings is 2. The van der Waals surface area contributed by atoms with Crippen LogP contribution in [-0.2, 0) is 16.6 Å². The smallest absolute Gasteiger partial charge is 0.251 e. The number of nitrogens with one attached hydrogen (secondary N) is 2. The summed E-state index contributed by atoms with van der Waals surface area (Å²) in [6, 6.07) is 11.7. The number of aryl methyl sites for hydroxylation is 1. The van der Waals surface area contributed by atoms with Gasteiger partial charge < -0.3 is 10.6 Å². The maximum atomic E-state index is 12.9. The summed E-state index contributed by atoms with van der Waals surface area (Å²) in [5.41, 5.74) is 2.31. The first-order valence-electron chi connectivity index (χ1n) is 10.0. The van der Waals surface area contributed by atoms with Crippen LogP contribution in [0.5, 0.6) is 0 Å². The Labute approximate surface area is 177 Å². The van der Waals surface area contributed by atoms with Gasteiger partial charge in [-0.25, -0.2) is 8.42 Å². The van der Waals surface area contributed by atoms with Crippen LogP contribution in [0.15, 0.2) is 47.4 Å². The summed E-state index contributed by atoms with van der Waals surface area (Å²) in [6.45, 7) is 3.03. The summed E-state index contributed by atoms with van der Waals surface area (Å²) in [5.74, 6) is -0.553. The summed E-state index contributed by atoms with van der Waals surface area (Å²) >= 11 is 0. The molecular formula is C22H27N3O4S. The second-order valence-electron chi connectivity index (χ2n) is 7.40. The molecule has 2 amide bonds. The topological polar surface area (TPSA) is 95.6 Å². The van der Waals surface area contributed by atoms with E-state index in [-0.39, 0.29) is 23.3 Å². The first-order valence-corrected chi connectivity index (χ1v) is 11.5. The van der Waals surface area contributed by atoms with Crippen LogP contribution in [0.25, 0.3) is 0 Å². The van der Waals surface area contributed by atoms with Crippen molar-refractivity contribution in [2.45, 2.75) is 37.6 Å². The summed E-state index contributed by atoms with van der Waals surface area (Å²) < 4.78 is 27.4. The molecule has 0 spiro atoms. The quantitative estimate of drug-likeness (QED) is 0.737. The summed E-state index contributed by atoms with van der Waals surface area (Å²) in [6.07, 6.45) is 2.75. The van der Waals surface area contributed by atoms with Gasteiger partial charge in [-0.2, -0.15) is 4.31 Å². The van der Waals surface area contributed by atoms with E-state index in [1.807, 2.05) is 6.07 Å². The van der Waals surface area contributed by atoms with Crippen molar-refractivity contribution in [2.24, 2.45) is 0 Å². The van der Waals surface area contributed by atoms with Crippen LogP contribution < -0.4 is 10.6 Å². The van der Waals surface area contributed by atoms with Crippen LogP contribution >= 0.6 is 0 Å². The molecule has 7 nitrogen and oxygen atoms in total. The summed E-state index contributed by atoms with van der Waals surface area (Å²) in [7, 11) is -2.05. The van der Waals surface area contributed by atoms with E-state index in [0.29, 0.717) is 29.8 Å². The maximum absolute atomic E-state index is 12.9. The number of hydrogen-bond donors (Lipinski definition) is 2. The highest BCUT2D eigenvalue weighted by Crippen LogP contribution is 2.23. The average molecular weight is 430 g/mol. The van der Waals surface area contributed by atoms with Crippen molar-refractivity contribution in [3.05, 3.63) is 64.7 Å². The Bertz CT molecular complexity index is 1040. The summed E-state index contributed by atoms with van der Waals surface area (Å²) in [4.78, 5) is 24.7. The van der Waals surface area contributed by atoms with Gasteiger partial charge in [0.1, 0.15) is 0 Å². The third-order valence-electron chi connectivity index (χ3n) is 5.28. The van der Waals surface area contributed by atoms with Gasteiger partial charge in [0.05, 0.1) is 4.90 Å². The van der Waals surface area contributed by atoms with Crippen molar-refractivity contribution in [3.63, 3.8) is 0 Å². The Morgan fingerprint density at radius 1 is 1.00 bits per heavy atom. The van der Waals surface area contributed by atoms with Gasteiger partial charge in [-0.15, -0.1) is 0 Å². The molecule has 0 bridgehead atoms. The predicted molar refractivity (Wildman–Crippen MR) is 115 cm³/mol. The van der Waals surface area contributed by atoms with E-state index in [2.05, 4.69) is 10.6 Å². The van der Waals surface area contributed by atoms with Crippen molar-refractivity contribution in [3.8, 4) is 0 Å². The highest BCUT2D eigenvalue weighted by molar-refractivity contribution is 7.89. The highest BCUT2D eigenvalue weighted by Gasteiger charge is 2.27. The second-order valence-corrected chi connectivity index (χ2v) is 9.34. The van der Waals surface area contributed by atoms with Crippen LogP contribution in [0.2, 0.25) is 0 Å². The number of carbonyl (C=O) groups is 2. The molecule has 1 aliphatic heterocycles. The maximum Gasteiger partial charge on any atom is 0.251 e. The molecule has 1 fully saturated rings. The molecule has 0 aromatic heterocycles. The lowest BCUT2D eigenvalue weighted by Gasteiger charge is -2.26. The van der Waals surface area contributed by atoms with Crippen molar-refractivity contribution in [1.82, 2.24) is 14.9 Å². The van der Waals surface area contributed by atoms with E-state index in [0.717, 1.165) is 24.8 Å². The van der Waals surface area contributed by atoms with Crippen LogP contribution in [0.3, 0.4) is 0 Å². The number of nitrogens with zero attached hydrogens (tertiary/aromatic N) is 1. The molecule has 1 aliphatic rings. The standard InChI is InChI=1S/C22H27N3O4S/c1-16-9-10-19(30(28,29)25-11-4-3-5-12-25)14-20(16)22(27)24-15-17-7-6-8-18(13-17)21(26)23-2/h6-10,13-14H,3-5,11-12,15H2,1-2H3,(H,23,26)(H,24,27). The Balaban J connectivity index is 1.76. The normalized spacial score (nSPS) is 14.9. The fraction of sp³-hybridized carbons (Fsp3) is 0.364. The lowest BCUT2D eigenvalue weighted by atomic mass is 10.1. The van der Waals surface area contributed by atoms with Crippen molar-refractivity contribution < 1.29 is 18.0 Å². The van der Waals surface area contributed by atoms with Crippen LogP contribution in [-0.4, -0.2) is 44.7 Å². The molecule has 2 N–H and O–H groups in total. The Morgan fingerprint density at radius 2 is 1.73 bits per heavy atom. The zero-order chi connectivity index (χ0) is 21.7. The zero-order valence-electron chi connectivity index (χ0n) is 17.3. The fourth-order valence-corrected chi connectivity index (χ4v) is 5.05. The predicted octanol–water partition coefficient (Wildman–Crippen LogP) is 2.46. The number of sulfonamides is 1. The summed E-state index contributed by atoms with van der Waals surface area (Å²) in [5, 5.41) is 5.39. The Morgan fingerprint density at radius 3 is 2.43 bits per heavy atom. The van der Waals surface area contributed by atoms with Crippen molar-refractivity contribution >= 4 is 21.8 Å². The fourth-order valence-electron chi connectivity index (χ4n) is 3.50. The van der Waals surface area contributed by atoms with Gasteiger partial charge in [0.15, 0.2) is 0 Å². The van der Waals surface area contributed by atoms with Crippen molar-refractivity contribution in [1.29, 1.82) is 0 Å². The monoisotopic (exact) mass is 429 g/mol. The van der Waals surface area contributed by atoms with Gasteiger partial charge in [-0.1, -0.05) is 24.6 Å².